The lowest BCUT2D eigenvalue weighted by molar-refractivity contribution is 0.249. The molecule has 2 fully saturated rings. The van der Waals surface area contributed by atoms with Crippen LogP contribution in [0.1, 0.15) is 25.2 Å². The van der Waals surface area contributed by atoms with Crippen molar-refractivity contribution in [1.29, 1.82) is 0 Å². The summed E-state index contributed by atoms with van der Waals surface area (Å²) in [5.41, 5.74) is 0.896. The fourth-order valence-corrected chi connectivity index (χ4v) is 4.15. The topological polar surface area (TPSA) is 69.8 Å². The number of likely N-dealkylation sites (tertiary alicyclic amines) is 2. The Kier molecular flexibility index (Phi) is 8.14. The summed E-state index contributed by atoms with van der Waals surface area (Å²) in [6, 6.07) is 8.09. The average molecular weight is 531 g/mol. The van der Waals surface area contributed by atoms with Crippen LogP contribution in [0.4, 0.5) is 0 Å². The van der Waals surface area contributed by atoms with Gasteiger partial charge in [-0.25, -0.2) is 0 Å². The number of aromatic nitrogens is 2. The van der Waals surface area contributed by atoms with Gasteiger partial charge in [0.15, 0.2) is 5.96 Å². The lowest BCUT2D eigenvalue weighted by atomic mass is 10.2. The van der Waals surface area contributed by atoms with E-state index in [9.17, 15) is 0 Å². The van der Waals surface area contributed by atoms with Gasteiger partial charge in [0.05, 0.1) is 0 Å². The molecule has 2 aliphatic heterocycles. The van der Waals surface area contributed by atoms with Gasteiger partial charge in [0.1, 0.15) is 0 Å². The first kappa shape index (κ1) is 22.3. The Hall–Kier alpha value is -1.39. The lowest BCUT2D eigenvalue weighted by Crippen LogP contribution is -2.43. The minimum Gasteiger partial charge on any atom is -0.356 e. The van der Waals surface area contributed by atoms with E-state index in [0.717, 1.165) is 24.6 Å². The van der Waals surface area contributed by atoms with Crippen LogP contribution in [0, 0.1) is 0 Å². The SMILES string of the molecule is CN=C(NCCc1nc(-c2ccc(Cl)cc2)no1)N1CCC(N2CCCC2)C1.I. The van der Waals surface area contributed by atoms with Crippen LogP contribution in [-0.4, -0.2) is 71.7 Å². The van der Waals surface area contributed by atoms with E-state index in [1.807, 2.05) is 31.3 Å². The zero-order chi connectivity index (χ0) is 19.3. The highest BCUT2D eigenvalue weighted by Crippen LogP contribution is 2.21. The van der Waals surface area contributed by atoms with Gasteiger partial charge in [-0.15, -0.1) is 24.0 Å². The van der Waals surface area contributed by atoms with E-state index < -0.39 is 0 Å². The number of benzene rings is 1. The molecule has 9 heteroatoms. The molecule has 0 aliphatic carbocycles. The van der Waals surface area contributed by atoms with Crippen molar-refractivity contribution in [3.8, 4) is 11.4 Å². The summed E-state index contributed by atoms with van der Waals surface area (Å²) in [6.45, 7) is 5.32. The molecule has 0 saturated carbocycles. The maximum Gasteiger partial charge on any atom is 0.228 e. The standard InChI is InChI=1S/C20H27ClN6O.HI/c1-22-20(27-13-9-17(14-27)26-11-2-3-12-26)23-10-8-18-24-19(25-28-18)15-4-6-16(21)7-5-15;/h4-7,17H,2-3,8-14H2,1H3,(H,22,23);1H. The lowest BCUT2D eigenvalue weighted by Gasteiger charge is -2.25. The van der Waals surface area contributed by atoms with Gasteiger partial charge in [-0.1, -0.05) is 16.8 Å². The van der Waals surface area contributed by atoms with Gasteiger partial charge in [0.2, 0.25) is 11.7 Å². The summed E-state index contributed by atoms with van der Waals surface area (Å²) in [4.78, 5) is 13.9. The van der Waals surface area contributed by atoms with Gasteiger partial charge in [-0.05, 0) is 56.6 Å². The summed E-state index contributed by atoms with van der Waals surface area (Å²) >= 11 is 5.93. The second kappa shape index (κ2) is 10.6. The summed E-state index contributed by atoms with van der Waals surface area (Å²) < 4.78 is 5.38. The monoisotopic (exact) mass is 530 g/mol. The number of guanidine groups is 1. The molecule has 3 heterocycles. The van der Waals surface area contributed by atoms with E-state index in [-0.39, 0.29) is 24.0 Å². The van der Waals surface area contributed by atoms with Gasteiger partial charge < -0.3 is 14.7 Å². The van der Waals surface area contributed by atoms with Crippen molar-refractivity contribution in [3.05, 3.63) is 35.2 Å². The quantitative estimate of drug-likeness (QED) is 0.363. The first-order valence-corrected chi connectivity index (χ1v) is 10.4. The second-order valence-corrected chi connectivity index (χ2v) is 7.81. The first-order valence-electron chi connectivity index (χ1n) is 10.0. The molecule has 29 heavy (non-hydrogen) atoms. The molecule has 2 aromatic rings. The van der Waals surface area contributed by atoms with Crippen molar-refractivity contribution in [1.82, 2.24) is 25.3 Å². The average Bonchev–Trinajstić information content (AvgIpc) is 3.47. The number of rotatable bonds is 5. The van der Waals surface area contributed by atoms with E-state index in [0.29, 0.717) is 35.7 Å². The Bertz CT molecular complexity index is 806. The minimum absolute atomic E-state index is 0. The normalized spacial score (nSPS) is 20.1. The molecule has 1 aromatic carbocycles. The maximum atomic E-state index is 5.93. The Morgan fingerprint density at radius 3 is 2.72 bits per heavy atom. The number of halogens is 2. The zero-order valence-corrected chi connectivity index (χ0v) is 19.8. The molecule has 0 amide bonds. The fraction of sp³-hybridized carbons (Fsp3) is 0.550. The van der Waals surface area contributed by atoms with Gasteiger partial charge in [0, 0.05) is 49.7 Å². The third-order valence-electron chi connectivity index (χ3n) is 5.52. The van der Waals surface area contributed by atoms with Crippen molar-refractivity contribution in [3.63, 3.8) is 0 Å². The van der Waals surface area contributed by atoms with Crippen LogP contribution >= 0.6 is 35.6 Å². The number of hydrogen-bond donors (Lipinski definition) is 1. The van der Waals surface area contributed by atoms with Crippen LogP contribution in [0.5, 0.6) is 0 Å². The number of aliphatic imine (C=N–C) groups is 1. The zero-order valence-electron chi connectivity index (χ0n) is 16.7. The Balaban J connectivity index is 0.00000240. The molecule has 1 unspecified atom stereocenters. The fourth-order valence-electron chi connectivity index (χ4n) is 4.03. The molecule has 1 atom stereocenters. The van der Waals surface area contributed by atoms with E-state index in [1.165, 1.54) is 32.4 Å². The van der Waals surface area contributed by atoms with Crippen molar-refractivity contribution in [2.24, 2.45) is 4.99 Å². The molecular weight excluding hydrogens is 503 g/mol. The molecule has 0 radical (unpaired) electrons. The molecular formula is C20H28ClIN6O. The highest BCUT2D eigenvalue weighted by Gasteiger charge is 2.30. The smallest absolute Gasteiger partial charge is 0.228 e. The van der Waals surface area contributed by atoms with Crippen LogP contribution in [0.15, 0.2) is 33.8 Å². The molecule has 2 saturated heterocycles. The van der Waals surface area contributed by atoms with Crippen molar-refractivity contribution < 1.29 is 4.52 Å². The van der Waals surface area contributed by atoms with E-state index in [2.05, 4.69) is 30.2 Å². The van der Waals surface area contributed by atoms with Crippen LogP contribution in [0.25, 0.3) is 11.4 Å². The van der Waals surface area contributed by atoms with Crippen LogP contribution in [-0.2, 0) is 6.42 Å². The highest BCUT2D eigenvalue weighted by atomic mass is 127. The number of hydrogen-bond acceptors (Lipinski definition) is 5. The van der Waals surface area contributed by atoms with Gasteiger partial charge >= 0.3 is 0 Å². The Labute approximate surface area is 193 Å². The number of nitrogens with one attached hydrogen (secondary N) is 1. The van der Waals surface area contributed by atoms with Gasteiger partial charge in [0.25, 0.3) is 0 Å². The Morgan fingerprint density at radius 2 is 2.00 bits per heavy atom. The molecule has 0 spiro atoms. The van der Waals surface area contributed by atoms with Gasteiger partial charge in [-0.3, -0.25) is 9.89 Å². The molecule has 2 aliphatic rings. The van der Waals surface area contributed by atoms with Crippen molar-refractivity contribution in [2.75, 3.05) is 39.8 Å². The highest BCUT2D eigenvalue weighted by molar-refractivity contribution is 14.0. The van der Waals surface area contributed by atoms with Gasteiger partial charge in [-0.2, -0.15) is 4.98 Å². The third-order valence-corrected chi connectivity index (χ3v) is 5.78. The molecule has 0 bridgehead atoms. The predicted octanol–water partition coefficient (Wildman–Crippen LogP) is 3.30. The van der Waals surface area contributed by atoms with Crippen molar-refractivity contribution >= 4 is 41.5 Å². The summed E-state index contributed by atoms with van der Waals surface area (Å²) in [5, 5.41) is 8.19. The molecule has 7 nitrogen and oxygen atoms in total. The molecule has 4 rings (SSSR count). The maximum absolute atomic E-state index is 5.93. The van der Waals surface area contributed by atoms with Crippen LogP contribution in [0.3, 0.4) is 0 Å². The van der Waals surface area contributed by atoms with E-state index >= 15 is 0 Å². The summed E-state index contributed by atoms with van der Waals surface area (Å²) in [7, 11) is 1.84. The first-order chi connectivity index (χ1) is 13.7. The number of nitrogens with zero attached hydrogens (tertiary/aromatic N) is 5. The minimum atomic E-state index is 0. The summed E-state index contributed by atoms with van der Waals surface area (Å²) in [5.74, 6) is 2.16. The molecule has 158 valence electrons. The second-order valence-electron chi connectivity index (χ2n) is 7.37. The van der Waals surface area contributed by atoms with Crippen molar-refractivity contribution in [2.45, 2.75) is 31.7 Å². The van der Waals surface area contributed by atoms with E-state index in [1.54, 1.807) is 0 Å². The largest absolute Gasteiger partial charge is 0.356 e. The third kappa shape index (κ3) is 5.61. The molecule has 1 aromatic heterocycles. The predicted molar refractivity (Wildman–Crippen MR) is 126 cm³/mol. The van der Waals surface area contributed by atoms with E-state index in [4.69, 9.17) is 16.1 Å². The Morgan fingerprint density at radius 1 is 1.24 bits per heavy atom. The van der Waals surface area contributed by atoms with Crippen LogP contribution < -0.4 is 5.32 Å². The van der Waals surface area contributed by atoms with Crippen LogP contribution in [0.2, 0.25) is 5.02 Å². The molecule has 1 N–H and O–H groups in total. The summed E-state index contributed by atoms with van der Waals surface area (Å²) in [6.07, 6.45) is 4.55.